The molecule has 1 N–H and O–H groups in total. The highest BCUT2D eigenvalue weighted by Crippen LogP contribution is 2.29. The Kier molecular flexibility index (Phi) is 5.93. The molecule has 6 heteroatoms. The lowest BCUT2D eigenvalue weighted by Crippen LogP contribution is -2.28. The third-order valence-corrected chi connectivity index (χ3v) is 4.77. The number of carbonyl (C=O) groups excluding carboxylic acids is 2. The molecule has 0 radical (unpaired) electrons. The Morgan fingerprint density at radius 2 is 1.96 bits per heavy atom. The molecule has 1 atom stereocenters. The number of nitrogens with one attached hydrogen (secondary N) is 1. The van der Waals surface area contributed by atoms with Crippen LogP contribution in [0.15, 0.2) is 53.0 Å². The zero-order valence-corrected chi connectivity index (χ0v) is 16.2. The maximum absolute atomic E-state index is 12.7. The molecule has 1 fully saturated rings. The second-order valence-corrected chi connectivity index (χ2v) is 7.13. The molecule has 2 aromatic rings. The van der Waals surface area contributed by atoms with Gasteiger partial charge in [0, 0.05) is 23.1 Å². The van der Waals surface area contributed by atoms with Crippen molar-refractivity contribution in [2.75, 3.05) is 23.4 Å². The van der Waals surface area contributed by atoms with Crippen LogP contribution in [-0.2, 0) is 9.59 Å². The van der Waals surface area contributed by atoms with E-state index in [4.69, 9.17) is 4.74 Å². The van der Waals surface area contributed by atoms with Crippen molar-refractivity contribution in [3.8, 4) is 5.75 Å². The first-order valence-corrected chi connectivity index (χ1v) is 9.46. The van der Waals surface area contributed by atoms with E-state index in [1.807, 2.05) is 55.5 Å². The van der Waals surface area contributed by atoms with Crippen molar-refractivity contribution in [1.82, 2.24) is 0 Å². The molecule has 0 saturated carbocycles. The number of carbonyl (C=O) groups is 2. The summed E-state index contributed by atoms with van der Waals surface area (Å²) < 4.78 is 6.63. The molecule has 1 unspecified atom stereocenters. The molecule has 136 valence electrons. The van der Waals surface area contributed by atoms with Gasteiger partial charge in [0.25, 0.3) is 0 Å². The van der Waals surface area contributed by atoms with Gasteiger partial charge in [-0.2, -0.15) is 0 Å². The second kappa shape index (κ2) is 8.36. The molecule has 1 heterocycles. The SMILES string of the molecule is CCCOc1ccccc1NC(=O)C1CC(=O)N(c2ccc(Br)cc2)C1. The lowest BCUT2D eigenvalue weighted by atomic mass is 10.1. The van der Waals surface area contributed by atoms with Crippen LogP contribution in [-0.4, -0.2) is 25.0 Å². The average molecular weight is 417 g/mol. The van der Waals surface area contributed by atoms with Gasteiger partial charge in [0.1, 0.15) is 5.75 Å². The Balaban J connectivity index is 1.68. The third kappa shape index (κ3) is 4.25. The van der Waals surface area contributed by atoms with E-state index >= 15 is 0 Å². The zero-order chi connectivity index (χ0) is 18.5. The molecule has 2 amide bonds. The lowest BCUT2D eigenvalue weighted by Gasteiger charge is -2.17. The van der Waals surface area contributed by atoms with Gasteiger partial charge >= 0.3 is 0 Å². The van der Waals surface area contributed by atoms with Gasteiger partial charge in [0.05, 0.1) is 18.2 Å². The molecule has 0 bridgehead atoms. The molecule has 5 nitrogen and oxygen atoms in total. The first-order valence-electron chi connectivity index (χ1n) is 8.67. The fourth-order valence-corrected chi connectivity index (χ4v) is 3.16. The topological polar surface area (TPSA) is 58.6 Å². The first-order chi connectivity index (χ1) is 12.6. The number of anilines is 2. The van der Waals surface area contributed by atoms with Crippen molar-refractivity contribution < 1.29 is 14.3 Å². The number of amides is 2. The van der Waals surface area contributed by atoms with E-state index in [2.05, 4.69) is 21.2 Å². The van der Waals surface area contributed by atoms with Crippen LogP contribution >= 0.6 is 15.9 Å². The number of nitrogens with zero attached hydrogens (tertiary/aromatic N) is 1. The minimum atomic E-state index is -0.384. The van der Waals surface area contributed by atoms with E-state index < -0.39 is 0 Å². The minimum Gasteiger partial charge on any atom is -0.491 e. The van der Waals surface area contributed by atoms with Crippen molar-refractivity contribution in [2.24, 2.45) is 5.92 Å². The number of hydrogen-bond acceptors (Lipinski definition) is 3. The monoisotopic (exact) mass is 416 g/mol. The molecule has 0 aromatic heterocycles. The number of para-hydroxylation sites is 2. The van der Waals surface area contributed by atoms with Gasteiger partial charge in [-0.1, -0.05) is 35.0 Å². The Bertz CT molecular complexity index is 792. The molecule has 1 aliphatic rings. The Morgan fingerprint density at radius 1 is 1.23 bits per heavy atom. The van der Waals surface area contributed by atoms with Crippen molar-refractivity contribution in [2.45, 2.75) is 19.8 Å². The highest BCUT2D eigenvalue weighted by atomic mass is 79.9. The average Bonchev–Trinajstić information content (AvgIpc) is 3.03. The molecule has 26 heavy (non-hydrogen) atoms. The summed E-state index contributed by atoms with van der Waals surface area (Å²) in [6.45, 7) is 3.00. The number of hydrogen-bond donors (Lipinski definition) is 1. The van der Waals surface area contributed by atoms with Crippen LogP contribution in [0.2, 0.25) is 0 Å². The van der Waals surface area contributed by atoms with Gasteiger partial charge < -0.3 is 15.0 Å². The molecular formula is C20H21BrN2O3. The van der Waals surface area contributed by atoms with E-state index in [-0.39, 0.29) is 24.2 Å². The molecule has 2 aromatic carbocycles. The molecule has 1 aliphatic heterocycles. The summed E-state index contributed by atoms with van der Waals surface area (Å²) in [6.07, 6.45) is 1.10. The smallest absolute Gasteiger partial charge is 0.229 e. The molecule has 0 aliphatic carbocycles. The summed E-state index contributed by atoms with van der Waals surface area (Å²) >= 11 is 3.39. The highest BCUT2D eigenvalue weighted by molar-refractivity contribution is 9.10. The minimum absolute atomic E-state index is 0.0389. The van der Waals surface area contributed by atoms with Gasteiger partial charge in [-0.05, 0) is 42.8 Å². The Morgan fingerprint density at radius 3 is 2.69 bits per heavy atom. The number of benzene rings is 2. The van der Waals surface area contributed by atoms with Gasteiger partial charge in [-0.15, -0.1) is 0 Å². The van der Waals surface area contributed by atoms with Gasteiger partial charge in [-0.25, -0.2) is 0 Å². The Labute approximate surface area is 161 Å². The van der Waals surface area contributed by atoms with Gasteiger partial charge in [0.15, 0.2) is 0 Å². The quantitative estimate of drug-likeness (QED) is 0.766. The summed E-state index contributed by atoms with van der Waals surface area (Å²) in [7, 11) is 0. The van der Waals surface area contributed by atoms with E-state index in [9.17, 15) is 9.59 Å². The third-order valence-electron chi connectivity index (χ3n) is 4.24. The van der Waals surface area contributed by atoms with Crippen LogP contribution in [0, 0.1) is 5.92 Å². The van der Waals surface area contributed by atoms with E-state index in [0.29, 0.717) is 24.6 Å². The number of ether oxygens (including phenoxy) is 1. The fraction of sp³-hybridized carbons (Fsp3) is 0.300. The predicted molar refractivity (Wildman–Crippen MR) is 105 cm³/mol. The van der Waals surface area contributed by atoms with Crippen LogP contribution in [0.5, 0.6) is 5.75 Å². The summed E-state index contributed by atoms with van der Waals surface area (Å²) in [5.74, 6) is 0.0654. The maximum Gasteiger partial charge on any atom is 0.229 e. The normalized spacial score (nSPS) is 16.6. The second-order valence-electron chi connectivity index (χ2n) is 6.22. The summed E-state index contributed by atoms with van der Waals surface area (Å²) in [4.78, 5) is 26.7. The van der Waals surface area contributed by atoms with Gasteiger partial charge in [0.2, 0.25) is 11.8 Å². The lowest BCUT2D eigenvalue weighted by molar-refractivity contribution is -0.122. The van der Waals surface area contributed by atoms with Gasteiger partial charge in [-0.3, -0.25) is 9.59 Å². The molecule has 1 saturated heterocycles. The number of halogens is 1. The Hall–Kier alpha value is -2.34. The van der Waals surface area contributed by atoms with E-state index in [1.165, 1.54) is 0 Å². The molecule has 0 spiro atoms. The first kappa shape index (κ1) is 18.5. The van der Waals surface area contributed by atoms with Crippen LogP contribution < -0.4 is 15.0 Å². The zero-order valence-electron chi connectivity index (χ0n) is 14.6. The highest BCUT2D eigenvalue weighted by Gasteiger charge is 2.35. The maximum atomic E-state index is 12.7. The van der Waals surface area contributed by atoms with E-state index in [0.717, 1.165) is 16.6 Å². The summed E-state index contributed by atoms with van der Waals surface area (Å²) in [6, 6.07) is 14.9. The van der Waals surface area contributed by atoms with Crippen LogP contribution in [0.3, 0.4) is 0 Å². The van der Waals surface area contributed by atoms with Crippen molar-refractivity contribution in [1.29, 1.82) is 0 Å². The fourth-order valence-electron chi connectivity index (χ4n) is 2.90. The van der Waals surface area contributed by atoms with Crippen LogP contribution in [0.4, 0.5) is 11.4 Å². The van der Waals surface area contributed by atoms with Crippen molar-refractivity contribution >= 4 is 39.1 Å². The van der Waals surface area contributed by atoms with Crippen molar-refractivity contribution in [3.05, 3.63) is 53.0 Å². The van der Waals surface area contributed by atoms with Crippen LogP contribution in [0.25, 0.3) is 0 Å². The van der Waals surface area contributed by atoms with E-state index in [1.54, 1.807) is 4.90 Å². The molecule has 3 rings (SSSR count). The standard InChI is InChI=1S/C20H21BrN2O3/c1-2-11-26-18-6-4-3-5-17(18)22-20(25)14-12-19(24)23(13-14)16-9-7-15(21)8-10-16/h3-10,14H,2,11-13H2,1H3,(H,22,25). The van der Waals surface area contributed by atoms with Crippen LogP contribution in [0.1, 0.15) is 19.8 Å². The predicted octanol–water partition coefficient (Wildman–Crippen LogP) is 4.23. The number of rotatable bonds is 6. The largest absolute Gasteiger partial charge is 0.491 e. The van der Waals surface area contributed by atoms with Crippen molar-refractivity contribution in [3.63, 3.8) is 0 Å². The summed E-state index contributed by atoms with van der Waals surface area (Å²) in [5, 5.41) is 2.91. The summed E-state index contributed by atoms with van der Waals surface area (Å²) in [5.41, 5.74) is 1.45. The molecular weight excluding hydrogens is 396 g/mol.